The number of carbonyl (C=O) groups is 1. The number of nitrogens with zero attached hydrogens (tertiary/aromatic N) is 2. The molecule has 0 aromatic rings. The Labute approximate surface area is 75.0 Å². The van der Waals surface area contributed by atoms with Crippen LogP contribution in [0.2, 0.25) is 0 Å². The van der Waals surface area contributed by atoms with Crippen LogP contribution >= 0.6 is 23.2 Å². The molecule has 1 amide bonds. The van der Waals surface area contributed by atoms with Crippen molar-refractivity contribution in [1.29, 1.82) is 0 Å². The Morgan fingerprint density at radius 3 is 2.73 bits per heavy atom. The number of carbonyl (C=O) groups excluding carboxylic acids is 1. The molecule has 0 aromatic heterocycles. The van der Waals surface area contributed by atoms with Crippen molar-refractivity contribution in [1.82, 2.24) is 4.90 Å². The van der Waals surface area contributed by atoms with Gasteiger partial charge in [0.25, 0.3) is 5.91 Å². The zero-order valence-electron chi connectivity index (χ0n) is 6.05. The summed E-state index contributed by atoms with van der Waals surface area (Å²) < 4.78 is 0. The van der Waals surface area contributed by atoms with E-state index in [4.69, 9.17) is 23.2 Å². The van der Waals surface area contributed by atoms with E-state index in [0.717, 1.165) is 0 Å². The van der Waals surface area contributed by atoms with E-state index in [2.05, 4.69) is 4.99 Å². The first kappa shape index (κ1) is 8.81. The molecule has 5 heteroatoms. The number of rotatable bonds is 1. The lowest BCUT2D eigenvalue weighted by atomic mass is 10.5. The van der Waals surface area contributed by atoms with Gasteiger partial charge in [0.05, 0.1) is 6.54 Å². The third-order valence-electron chi connectivity index (χ3n) is 1.51. The van der Waals surface area contributed by atoms with Gasteiger partial charge in [-0.3, -0.25) is 14.7 Å². The Hall–Kier alpha value is -0.280. The lowest BCUT2D eigenvalue weighted by molar-refractivity contribution is -0.125. The van der Waals surface area contributed by atoms with E-state index in [9.17, 15) is 4.79 Å². The van der Waals surface area contributed by atoms with Crippen molar-refractivity contribution in [2.24, 2.45) is 4.99 Å². The van der Waals surface area contributed by atoms with Gasteiger partial charge in [-0.1, -0.05) is 23.2 Å². The first-order chi connectivity index (χ1) is 5.13. The standard InChI is InChI=1S/C6H8Cl2N2O/c1-4-9-2-3-10(4)6(11)5(7)8/h5H,2-3H2,1H3. The largest absolute Gasteiger partial charge is 0.297 e. The van der Waals surface area contributed by atoms with Gasteiger partial charge in [0.15, 0.2) is 4.84 Å². The van der Waals surface area contributed by atoms with E-state index in [1.54, 1.807) is 6.92 Å². The summed E-state index contributed by atoms with van der Waals surface area (Å²) in [5.74, 6) is 0.411. The van der Waals surface area contributed by atoms with E-state index >= 15 is 0 Å². The summed E-state index contributed by atoms with van der Waals surface area (Å²) >= 11 is 10.8. The molecule has 1 rings (SSSR count). The van der Waals surface area contributed by atoms with Crippen molar-refractivity contribution >= 4 is 34.9 Å². The second kappa shape index (κ2) is 3.41. The van der Waals surface area contributed by atoms with Crippen LogP contribution in [0, 0.1) is 0 Å². The molecule has 0 unspecified atom stereocenters. The lowest BCUT2D eigenvalue weighted by Gasteiger charge is -2.15. The van der Waals surface area contributed by atoms with E-state index in [0.29, 0.717) is 18.9 Å². The van der Waals surface area contributed by atoms with Crippen molar-refractivity contribution in [3.05, 3.63) is 0 Å². The van der Waals surface area contributed by atoms with E-state index in [-0.39, 0.29) is 5.91 Å². The Balaban J connectivity index is 2.62. The Morgan fingerprint density at radius 2 is 2.36 bits per heavy atom. The van der Waals surface area contributed by atoms with Crippen LogP contribution in [0.3, 0.4) is 0 Å². The molecule has 0 saturated heterocycles. The molecular weight excluding hydrogens is 187 g/mol. The lowest BCUT2D eigenvalue weighted by Crippen LogP contribution is -2.36. The van der Waals surface area contributed by atoms with Crippen molar-refractivity contribution in [3.63, 3.8) is 0 Å². The van der Waals surface area contributed by atoms with Gasteiger partial charge >= 0.3 is 0 Å². The molecular formula is C6H8Cl2N2O. The molecule has 3 nitrogen and oxygen atoms in total. The van der Waals surface area contributed by atoms with E-state index < -0.39 is 4.84 Å². The quantitative estimate of drug-likeness (QED) is 0.575. The molecule has 0 aromatic carbocycles. The molecule has 0 radical (unpaired) electrons. The van der Waals surface area contributed by atoms with Crippen LogP contribution in [0.5, 0.6) is 0 Å². The maximum atomic E-state index is 11.1. The highest BCUT2D eigenvalue weighted by molar-refractivity contribution is 6.54. The zero-order chi connectivity index (χ0) is 8.43. The van der Waals surface area contributed by atoms with Gasteiger partial charge in [-0.15, -0.1) is 0 Å². The van der Waals surface area contributed by atoms with Gasteiger partial charge in [-0.2, -0.15) is 0 Å². The van der Waals surface area contributed by atoms with Gasteiger partial charge in [0.1, 0.15) is 5.84 Å². The molecule has 62 valence electrons. The highest BCUT2D eigenvalue weighted by Gasteiger charge is 2.24. The van der Waals surface area contributed by atoms with Crippen LogP contribution in [0.1, 0.15) is 6.92 Å². The predicted molar refractivity (Wildman–Crippen MR) is 45.2 cm³/mol. The minimum absolute atomic E-state index is 0.285. The van der Waals surface area contributed by atoms with Crippen LogP contribution in [0.25, 0.3) is 0 Å². The minimum atomic E-state index is -0.974. The maximum Gasteiger partial charge on any atom is 0.261 e. The number of hydrogen-bond acceptors (Lipinski definition) is 2. The summed E-state index contributed by atoms with van der Waals surface area (Å²) in [7, 11) is 0. The molecule has 0 saturated carbocycles. The van der Waals surface area contributed by atoms with Crippen molar-refractivity contribution in [2.45, 2.75) is 11.8 Å². The SMILES string of the molecule is CC1=NCCN1C(=O)C(Cl)Cl. The molecule has 0 bridgehead atoms. The second-order valence-corrected chi connectivity index (χ2v) is 3.32. The molecule has 0 spiro atoms. The monoisotopic (exact) mass is 194 g/mol. The topological polar surface area (TPSA) is 32.7 Å². The summed E-state index contributed by atoms with van der Waals surface area (Å²) in [6, 6.07) is 0. The molecule has 0 fully saturated rings. The number of halogens is 2. The predicted octanol–water partition coefficient (Wildman–Crippen LogP) is 1.05. The van der Waals surface area contributed by atoms with Crippen molar-refractivity contribution in [3.8, 4) is 0 Å². The van der Waals surface area contributed by atoms with Crippen molar-refractivity contribution < 1.29 is 4.79 Å². The third-order valence-corrected chi connectivity index (χ3v) is 1.88. The smallest absolute Gasteiger partial charge is 0.261 e. The van der Waals surface area contributed by atoms with Gasteiger partial charge in [-0.25, -0.2) is 0 Å². The van der Waals surface area contributed by atoms with Crippen molar-refractivity contribution in [2.75, 3.05) is 13.1 Å². The highest BCUT2D eigenvalue weighted by Crippen LogP contribution is 2.10. The summed E-state index contributed by atoms with van der Waals surface area (Å²) in [5, 5.41) is 0. The Bertz CT molecular complexity index is 203. The number of aliphatic imine (C=N–C) groups is 1. The number of amides is 1. The molecule has 0 aliphatic carbocycles. The van der Waals surface area contributed by atoms with Gasteiger partial charge in [0.2, 0.25) is 0 Å². The first-order valence-electron chi connectivity index (χ1n) is 3.23. The van der Waals surface area contributed by atoms with Gasteiger partial charge < -0.3 is 0 Å². The normalized spacial score (nSPS) is 17.5. The average Bonchev–Trinajstić information content (AvgIpc) is 2.33. The maximum absolute atomic E-state index is 11.1. The van der Waals surface area contributed by atoms with Gasteiger partial charge in [-0.05, 0) is 6.92 Å². The molecule has 1 aliphatic heterocycles. The second-order valence-electron chi connectivity index (χ2n) is 2.22. The number of hydrogen-bond donors (Lipinski definition) is 0. The number of amidine groups is 1. The van der Waals surface area contributed by atoms with E-state index in [1.807, 2.05) is 0 Å². The molecule has 1 aliphatic rings. The molecule has 0 N–H and O–H groups in total. The summed E-state index contributed by atoms with van der Waals surface area (Å²) in [6.07, 6.45) is 0. The highest BCUT2D eigenvalue weighted by atomic mass is 35.5. The first-order valence-corrected chi connectivity index (χ1v) is 4.11. The van der Waals surface area contributed by atoms with E-state index in [1.165, 1.54) is 4.90 Å². The Kier molecular flexibility index (Phi) is 2.73. The number of alkyl halides is 2. The molecule has 0 atom stereocenters. The van der Waals surface area contributed by atoms with Crippen LogP contribution in [-0.4, -0.2) is 34.6 Å². The van der Waals surface area contributed by atoms with Gasteiger partial charge in [0, 0.05) is 6.54 Å². The fourth-order valence-electron chi connectivity index (χ4n) is 0.946. The fourth-order valence-corrected chi connectivity index (χ4v) is 1.18. The van der Waals surface area contributed by atoms with Crippen LogP contribution < -0.4 is 0 Å². The average molecular weight is 195 g/mol. The Morgan fingerprint density at radius 1 is 1.73 bits per heavy atom. The summed E-state index contributed by atoms with van der Waals surface area (Å²) in [6.45, 7) is 3.01. The van der Waals surface area contributed by atoms with Crippen LogP contribution in [0.15, 0.2) is 4.99 Å². The third kappa shape index (κ3) is 1.84. The summed E-state index contributed by atoms with van der Waals surface area (Å²) in [4.78, 5) is 15.7. The van der Waals surface area contributed by atoms with Crippen LogP contribution in [0.4, 0.5) is 0 Å². The summed E-state index contributed by atoms with van der Waals surface area (Å²) in [5.41, 5.74) is 0. The fraction of sp³-hybridized carbons (Fsp3) is 0.667. The molecule has 11 heavy (non-hydrogen) atoms. The minimum Gasteiger partial charge on any atom is -0.297 e. The van der Waals surface area contributed by atoms with Crippen LogP contribution in [-0.2, 0) is 4.79 Å². The molecule has 1 heterocycles. The zero-order valence-corrected chi connectivity index (χ0v) is 7.56.